The van der Waals surface area contributed by atoms with Crippen molar-refractivity contribution in [3.63, 3.8) is 0 Å². The lowest BCUT2D eigenvalue weighted by atomic mass is 10.0. The summed E-state index contributed by atoms with van der Waals surface area (Å²) in [6.45, 7) is 6.11. The van der Waals surface area contributed by atoms with Gasteiger partial charge in [0.1, 0.15) is 12.1 Å². The molecule has 0 aliphatic carbocycles. The predicted molar refractivity (Wildman–Crippen MR) is 66.8 cm³/mol. The number of nitrogen functional groups attached to an aromatic ring is 1. The molecule has 0 amide bonds. The molecule has 0 bridgehead atoms. The molecule has 3 nitrogen and oxygen atoms in total. The Hall–Kier alpha value is -1.64. The van der Waals surface area contributed by atoms with Crippen molar-refractivity contribution < 1.29 is 0 Å². The Kier molecular flexibility index (Phi) is 3.04. The minimum absolute atomic E-state index is 0.478. The molecule has 2 aromatic rings. The monoisotopic (exact) mass is 214 g/mol. The SMILES string of the molecule is [CH2]C(C)CCc1ccc2c(N)ncnc2c1. The molecule has 1 unspecified atom stereocenters. The average molecular weight is 214 g/mol. The van der Waals surface area contributed by atoms with Gasteiger partial charge in [-0.25, -0.2) is 9.97 Å². The molecule has 3 heteroatoms. The van der Waals surface area contributed by atoms with E-state index in [0.29, 0.717) is 11.7 Å². The summed E-state index contributed by atoms with van der Waals surface area (Å²) in [4.78, 5) is 8.19. The molecule has 0 fully saturated rings. The highest BCUT2D eigenvalue weighted by Gasteiger charge is 2.02. The van der Waals surface area contributed by atoms with Gasteiger partial charge in [-0.2, -0.15) is 0 Å². The highest BCUT2D eigenvalue weighted by molar-refractivity contribution is 5.87. The van der Waals surface area contributed by atoms with Crippen molar-refractivity contribution in [2.24, 2.45) is 5.92 Å². The molecular weight excluding hydrogens is 198 g/mol. The Balaban J connectivity index is 2.30. The molecule has 0 aliphatic rings. The first-order valence-corrected chi connectivity index (χ1v) is 5.49. The van der Waals surface area contributed by atoms with E-state index in [2.05, 4.69) is 35.9 Å². The number of nitrogens with two attached hydrogens (primary N) is 1. The lowest BCUT2D eigenvalue weighted by Gasteiger charge is -2.06. The first-order valence-electron chi connectivity index (χ1n) is 5.49. The number of fused-ring (bicyclic) bond motifs is 1. The van der Waals surface area contributed by atoms with E-state index in [1.807, 2.05) is 6.07 Å². The van der Waals surface area contributed by atoms with Gasteiger partial charge >= 0.3 is 0 Å². The van der Waals surface area contributed by atoms with E-state index in [0.717, 1.165) is 23.7 Å². The van der Waals surface area contributed by atoms with Crippen molar-refractivity contribution in [3.8, 4) is 0 Å². The molecule has 2 rings (SSSR count). The fourth-order valence-electron chi connectivity index (χ4n) is 1.69. The summed E-state index contributed by atoms with van der Waals surface area (Å²) in [5.74, 6) is 1.02. The molecule has 0 saturated carbocycles. The molecular formula is C13H16N3. The number of hydrogen-bond acceptors (Lipinski definition) is 3. The predicted octanol–water partition coefficient (Wildman–Crippen LogP) is 2.61. The van der Waals surface area contributed by atoms with Gasteiger partial charge in [0.25, 0.3) is 0 Å². The van der Waals surface area contributed by atoms with Gasteiger partial charge in [-0.05, 0) is 36.5 Å². The fraction of sp³-hybridized carbons (Fsp3) is 0.308. The first-order chi connectivity index (χ1) is 7.66. The van der Waals surface area contributed by atoms with Gasteiger partial charge in [0, 0.05) is 5.39 Å². The number of benzene rings is 1. The van der Waals surface area contributed by atoms with Crippen LogP contribution in [-0.4, -0.2) is 9.97 Å². The van der Waals surface area contributed by atoms with Crippen LogP contribution in [0.25, 0.3) is 10.9 Å². The van der Waals surface area contributed by atoms with Crippen LogP contribution in [0.5, 0.6) is 0 Å². The Labute approximate surface area is 95.7 Å². The second kappa shape index (κ2) is 4.47. The van der Waals surface area contributed by atoms with Crippen LogP contribution >= 0.6 is 0 Å². The number of anilines is 1. The maximum atomic E-state index is 5.77. The summed E-state index contributed by atoms with van der Waals surface area (Å²) in [6.07, 6.45) is 3.63. The van der Waals surface area contributed by atoms with E-state index >= 15 is 0 Å². The number of aromatic nitrogens is 2. The summed E-state index contributed by atoms with van der Waals surface area (Å²) in [7, 11) is 0. The van der Waals surface area contributed by atoms with E-state index in [1.165, 1.54) is 11.9 Å². The van der Waals surface area contributed by atoms with Gasteiger partial charge in [0.2, 0.25) is 0 Å². The summed E-state index contributed by atoms with van der Waals surface area (Å²) < 4.78 is 0. The zero-order valence-corrected chi connectivity index (χ0v) is 9.48. The van der Waals surface area contributed by atoms with E-state index in [-0.39, 0.29) is 0 Å². The molecule has 16 heavy (non-hydrogen) atoms. The van der Waals surface area contributed by atoms with Gasteiger partial charge in [0.05, 0.1) is 5.52 Å². The minimum atomic E-state index is 0.478. The maximum absolute atomic E-state index is 5.77. The van der Waals surface area contributed by atoms with Crippen molar-refractivity contribution in [1.82, 2.24) is 9.97 Å². The van der Waals surface area contributed by atoms with Crippen LogP contribution < -0.4 is 5.73 Å². The third kappa shape index (κ3) is 2.30. The number of hydrogen-bond donors (Lipinski definition) is 1. The lowest BCUT2D eigenvalue weighted by molar-refractivity contribution is 0.644. The highest BCUT2D eigenvalue weighted by atomic mass is 14.9. The van der Waals surface area contributed by atoms with Crippen molar-refractivity contribution >= 4 is 16.7 Å². The Morgan fingerprint density at radius 1 is 1.38 bits per heavy atom. The third-order valence-electron chi connectivity index (χ3n) is 2.66. The van der Waals surface area contributed by atoms with E-state index in [1.54, 1.807) is 0 Å². The van der Waals surface area contributed by atoms with Gasteiger partial charge < -0.3 is 5.73 Å². The molecule has 2 N–H and O–H groups in total. The molecule has 1 radical (unpaired) electrons. The highest BCUT2D eigenvalue weighted by Crippen LogP contribution is 2.19. The number of rotatable bonds is 3. The Morgan fingerprint density at radius 2 is 2.19 bits per heavy atom. The van der Waals surface area contributed by atoms with E-state index < -0.39 is 0 Å². The molecule has 1 aromatic carbocycles. The normalized spacial score (nSPS) is 11.2. The second-order valence-corrected chi connectivity index (χ2v) is 4.25. The Morgan fingerprint density at radius 3 is 2.94 bits per heavy atom. The summed E-state index contributed by atoms with van der Waals surface area (Å²) in [6, 6.07) is 6.16. The molecule has 1 atom stereocenters. The van der Waals surface area contributed by atoms with Crippen LogP contribution in [-0.2, 0) is 6.42 Å². The summed E-state index contributed by atoms with van der Waals surface area (Å²) in [5.41, 5.74) is 7.96. The van der Waals surface area contributed by atoms with Gasteiger partial charge in [-0.1, -0.05) is 19.9 Å². The second-order valence-electron chi connectivity index (χ2n) is 4.25. The molecule has 83 valence electrons. The van der Waals surface area contributed by atoms with Crippen LogP contribution in [0.2, 0.25) is 0 Å². The number of nitrogens with zero attached hydrogens (tertiary/aromatic N) is 2. The van der Waals surface area contributed by atoms with Crippen molar-refractivity contribution in [3.05, 3.63) is 37.0 Å². The maximum Gasteiger partial charge on any atom is 0.134 e. The van der Waals surface area contributed by atoms with Crippen LogP contribution in [0, 0.1) is 12.8 Å². The van der Waals surface area contributed by atoms with Crippen molar-refractivity contribution in [1.29, 1.82) is 0 Å². The van der Waals surface area contributed by atoms with E-state index in [4.69, 9.17) is 5.73 Å². The van der Waals surface area contributed by atoms with Gasteiger partial charge in [-0.15, -0.1) is 0 Å². The van der Waals surface area contributed by atoms with Crippen LogP contribution in [0.15, 0.2) is 24.5 Å². The molecule has 0 saturated heterocycles. The fourth-order valence-corrected chi connectivity index (χ4v) is 1.69. The zero-order chi connectivity index (χ0) is 11.5. The van der Waals surface area contributed by atoms with E-state index in [9.17, 15) is 0 Å². The molecule has 0 aliphatic heterocycles. The van der Waals surface area contributed by atoms with Crippen molar-refractivity contribution in [2.75, 3.05) is 5.73 Å². The minimum Gasteiger partial charge on any atom is -0.383 e. The molecule has 0 spiro atoms. The zero-order valence-electron chi connectivity index (χ0n) is 9.48. The van der Waals surface area contributed by atoms with Crippen LogP contribution in [0.1, 0.15) is 18.9 Å². The average Bonchev–Trinajstić information content (AvgIpc) is 2.26. The topological polar surface area (TPSA) is 51.8 Å². The van der Waals surface area contributed by atoms with Crippen molar-refractivity contribution in [2.45, 2.75) is 19.8 Å². The molecule has 1 aromatic heterocycles. The number of aryl methyl sites for hydroxylation is 1. The lowest BCUT2D eigenvalue weighted by Crippen LogP contribution is -1.96. The summed E-state index contributed by atoms with van der Waals surface area (Å²) >= 11 is 0. The van der Waals surface area contributed by atoms with Gasteiger partial charge in [0.15, 0.2) is 0 Å². The van der Waals surface area contributed by atoms with Gasteiger partial charge in [-0.3, -0.25) is 0 Å². The van der Waals surface area contributed by atoms with Crippen LogP contribution in [0.3, 0.4) is 0 Å². The quantitative estimate of drug-likeness (QED) is 0.854. The first kappa shape index (κ1) is 10.9. The van der Waals surface area contributed by atoms with Crippen LogP contribution in [0.4, 0.5) is 5.82 Å². The smallest absolute Gasteiger partial charge is 0.134 e. The standard InChI is InChI=1S/C13H16N3/c1-9(2)3-4-10-5-6-11-12(7-10)15-8-16-13(11)14/h5-9H,1,3-4H2,2H3,(H2,14,15,16). The summed E-state index contributed by atoms with van der Waals surface area (Å²) in [5, 5.41) is 0.925. The Bertz CT molecular complexity index is 492. The third-order valence-corrected chi connectivity index (χ3v) is 2.66. The molecule has 1 heterocycles. The largest absolute Gasteiger partial charge is 0.383 e.